The third kappa shape index (κ3) is 8.80. The van der Waals surface area contributed by atoms with Gasteiger partial charge < -0.3 is 9.64 Å². The molecule has 108 valence electrons. The zero-order valence-corrected chi connectivity index (χ0v) is 12.2. The summed E-state index contributed by atoms with van der Waals surface area (Å²) in [5.74, 6) is 4.94. The van der Waals surface area contributed by atoms with E-state index in [-0.39, 0.29) is 12.4 Å². The Hall–Kier alpha value is -0.850. The van der Waals surface area contributed by atoms with Crippen molar-refractivity contribution in [2.75, 3.05) is 32.8 Å². The van der Waals surface area contributed by atoms with E-state index in [9.17, 15) is 4.79 Å². The van der Waals surface area contributed by atoms with Crippen molar-refractivity contribution in [3.05, 3.63) is 0 Å². The first kappa shape index (κ1) is 16.2. The van der Waals surface area contributed by atoms with E-state index in [4.69, 9.17) is 4.74 Å². The Morgan fingerprint density at radius 3 is 2.58 bits per heavy atom. The Balaban J connectivity index is 1.82. The molecule has 0 saturated carbocycles. The van der Waals surface area contributed by atoms with Gasteiger partial charge in [-0.3, -0.25) is 4.79 Å². The van der Waals surface area contributed by atoms with Crippen molar-refractivity contribution in [3.63, 3.8) is 0 Å². The minimum Gasteiger partial charge on any atom is -0.373 e. The number of hydrogen-bond acceptors (Lipinski definition) is 3. The predicted molar refractivity (Wildman–Crippen MR) is 78.0 cm³/mol. The number of nitrogens with zero attached hydrogens (tertiary/aromatic N) is 1. The van der Waals surface area contributed by atoms with E-state index in [1.807, 2.05) is 0 Å². The maximum absolute atomic E-state index is 11.0. The molecular formula is C16H27NO2. The third-order valence-electron chi connectivity index (χ3n) is 3.46. The van der Waals surface area contributed by atoms with E-state index in [1.54, 1.807) is 6.92 Å². The standard InChI is InChI=1S/C16H27NO2/c1-2-10-16(18)15-19-14-9-4-3-6-11-17-12-7-5-8-13-17/h3-9,11-15H2,1H3. The van der Waals surface area contributed by atoms with Crippen molar-refractivity contribution in [1.29, 1.82) is 0 Å². The molecule has 0 unspecified atom stereocenters. The maximum atomic E-state index is 11.0. The lowest BCUT2D eigenvalue weighted by atomic mass is 10.1. The molecule has 0 aromatic rings. The van der Waals surface area contributed by atoms with Crippen LogP contribution in [0.3, 0.4) is 0 Å². The van der Waals surface area contributed by atoms with Crippen molar-refractivity contribution < 1.29 is 9.53 Å². The van der Waals surface area contributed by atoms with Crippen molar-refractivity contribution >= 4 is 5.78 Å². The molecule has 3 heteroatoms. The first-order chi connectivity index (χ1) is 9.33. The van der Waals surface area contributed by atoms with Crippen LogP contribution in [0.2, 0.25) is 0 Å². The van der Waals surface area contributed by atoms with E-state index < -0.39 is 0 Å². The fourth-order valence-corrected chi connectivity index (χ4v) is 2.42. The highest BCUT2D eigenvalue weighted by Gasteiger charge is 2.08. The van der Waals surface area contributed by atoms with E-state index in [1.165, 1.54) is 58.2 Å². The number of carbonyl (C=O) groups is 1. The third-order valence-corrected chi connectivity index (χ3v) is 3.46. The molecule has 0 aliphatic carbocycles. The van der Waals surface area contributed by atoms with Gasteiger partial charge in [-0.15, -0.1) is 0 Å². The summed E-state index contributed by atoms with van der Waals surface area (Å²) >= 11 is 0. The fourth-order valence-electron chi connectivity index (χ4n) is 2.42. The number of piperidine rings is 1. The number of ether oxygens (including phenoxy) is 1. The van der Waals surface area contributed by atoms with Gasteiger partial charge in [-0.2, -0.15) is 0 Å². The van der Waals surface area contributed by atoms with Gasteiger partial charge in [0.05, 0.1) is 0 Å². The summed E-state index contributed by atoms with van der Waals surface area (Å²) in [7, 11) is 0. The van der Waals surface area contributed by atoms with Crippen molar-refractivity contribution in [2.45, 2.75) is 51.9 Å². The quantitative estimate of drug-likeness (QED) is 0.365. The average Bonchev–Trinajstić information content (AvgIpc) is 2.43. The Morgan fingerprint density at radius 2 is 1.84 bits per heavy atom. The van der Waals surface area contributed by atoms with Crippen molar-refractivity contribution in [2.24, 2.45) is 0 Å². The van der Waals surface area contributed by atoms with Gasteiger partial charge in [0.1, 0.15) is 6.61 Å². The van der Waals surface area contributed by atoms with Crippen LogP contribution in [0.1, 0.15) is 51.9 Å². The molecule has 1 aliphatic heterocycles. The zero-order chi connectivity index (χ0) is 13.8. The van der Waals surface area contributed by atoms with Gasteiger partial charge in [-0.25, -0.2) is 0 Å². The lowest BCUT2D eigenvalue weighted by molar-refractivity contribution is -0.118. The lowest BCUT2D eigenvalue weighted by Crippen LogP contribution is -2.30. The fraction of sp³-hybridized carbons (Fsp3) is 0.812. The van der Waals surface area contributed by atoms with Crippen LogP contribution in [0, 0.1) is 11.8 Å². The second kappa shape index (κ2) is 11.0. The van der Waals surface area contributed by atoms with Gasteiger partial charge in [0, 0.05) is 6.61 Å². The van der Waals surface area contributed by atoms with Crippen LogP contribution < -0.4 is 0 Å². The minimum absolute atomic E-state index is 0.118. The molecule has 0 atom stereocenters. The molecule has 1 rings (SSSR count). The summed E-state index contributed by atoms with van der Waals surface area (Å²) in [4.78, 5) is 13.6. The summed E-state index contributed by atoms with van der Waals surface area (Å²) in [6.07, 6.45) is 8.97. The molecule has 0 aromatic heterocycles. The summed E-state index contributed by atoms with van der Waals surface area (Å²) in [6, 6.07) is 0. The molecule has 0 bridgehead atoms. The predicted octanol–water partition coefficient (Wildman–Crippen LogP) is 2.64. The van der Waals surface area contributed by atoms with Gasteiger partial charge in [0.2, 0.25) is 5.78 Å². The number of rotatable bonds is 9. The van der Waals surface area contributed by atoms with Crippen molar-refractivity contribution in [3.8, 4) is 11.8 Å². The van der Waals surface area contributed by atoms with Gasteiger partial charge in [0.15, 0.2) is 0 Å². The Kier molecular flexibility index (Phi) is 9.40. The molecule has 3 nitrogen and oxygen atoms in total. The van der Waals surface area contributed by atoms with Crippen LogP contribution >= 0.6 is 0 Å². The van der Waals surface area contributed by atoms with E-state index >= 15 is 0 Å². The van der Waals surface area contributed by atoms with Crippen molar-refractivity contribution in [1.82, 2.24) is 4.90 Å². The average molecular weight is 265 g/mol. The summed E-state index contributed by atoms with van der Waals surface area (Å²) in [5.41, 5.74) is 0. The highest BCUT2D eigenvalue weighted by molar-refractivity contribution is 5.96. The molecule has 1 fully saturated rings. The number of ketones is 1. The molecular weight excluding hydrogens is 238 g/mol. The Labute approximate surface area is 117 Å². The van der Waals surface area contributed by atoms with Gasteiger partial charge >= 0.3 is 0 Å². The monoisotopic (exact) mass is 265 g/mol. The lowest BCUT2D eigenvalue weighted by Gasteiger charge is -2.26. The molecule has 1 heterocycles. The molecule has 19 heavy (non-hydrogen) atoms. The van der Waals surface area contributed by atoms with Crippen LogP contribution in [0.15, 0.2) is 0 Å². The van der Waals surface area contributed by atoms with Gasteiger partial charge in [-0.05, 0) is 58.2 Å². The van der Waals surface area contributed by atoms with Crippen LogP contribution in [-0.4, -0.2) is 43.5 Å². The molecule has 0 radical (unpaired) electrons. The molecule has 0 amide bonds. The number of hydrogen-bond donors (Lipinski definition) is 0. The van der Waals surface area contributed by atoms with Crippen LogP contribution in [0.25, 0.3) is 0 Å². The number of carbonyl (C=O) groups excluding carboxylic acids is 1. The Bertz CT molecular complexity index is 298. The SMILES string of the molecule is CC#CC(=O)COCCCCCCN1CCCCC1. The second-order valence-corrected chi connectivity index (χ2v) is 5.17. The molecule has 0 aromatic carbocycles. The highest BCUT2D eigenvalue weighted by Crippen LogP contribution is 2.10. The molecule has 0 N–H and O–H groups in total. The molecule has 1 aliphatic rings. The molecule has 0 spiro atoms. The smallest absolute Gasteiger partial charge is 0.231 e. The number of unbranched alkanes of at least 4 members (excludes halogenated alkanes) is 3. The minimum atomic E-state index is -0.118. The van der Waals surface area contributed by atoms with Crippen LogP contribution in [0.5, 0.6) is 0 Å². The van der Waals surface area contributed by atoms with E-state index in [2.05, 4.69) is 16.7 Å². The van der Waals surface area contributed by atoms with Crippen LogP contribution in [-0.2, 0) is 9.53 Å². The maximum Gasteiger partial charge on any atom is 0.231 e. The van der Waals surface area contributed by atoms with E-state index in [0.717, 1.165) is 6.42 Å². The first-order valence-corrected chi connectivity index (χ1v) is 7.58. The highest BCUT2D eigenvalue weighted by atomic mass is 16.5. The molecule has 1 saturated heterocycles. The van der Waals surface area contributed by atoms with E-state index in [0.29, 0.717) is 6.61 Å². The number of Topliss-reactive ketones (excluding diaryl/α,β-unsaturated/α-hetero) is 1. The second-order valence-electron chi connectivity index (χ2n) is 5.17. The van der Waals surface area contributed by atoms with Crippen LogP contribution in [0.4, 0.5) is 0 Å². The van der Waals surface area contributed by atoms with Gasteiger partial charge in [0.25, 0.3) is 0 Å². The summed E-state index contributed by atoms with van der Waals surface area (Å²) < 4.78 is 5.28. The normalized spacial score (nSPS) is 15.8. The largest absolute Gasteiger partial charge is 0.373 e. The first-order valence-electron chi connectivity index (χ1n) is 7.58. The summed E-state index contributed by atoms with van der Waals surface area (Å²) in [5, 5.41) is 0. The van der Waals surface area contributed by atoms with Gasteiger partial charge in [-0.1, -0.05) is 25.2 Å². The topological polar surface area (TPSA) is 29.5 Å². The summed E-state index contributed by atoms with van der Waals surface area (Å²) in [6.45, 7) is 6.34. The zero-order valence-electron chi connectivity index (χ0n) is 12.2. The Morgan fingerprint density at radius 1 is 1.11 bits per heavy atom. The number of likely N-dealkylation sites (tertiary alicyclic amines) is 1.